The highest BCUT2D eigenvalue weighted by atomic mass is 16.6. The van der Waals surface area contributed by atoms with Crippen molar-refractivity contribution in [3.63, 3.8) is 0 Å². The number of esters is 1. The summed E-state index contributed by atoms with van der Waals surface area (Å²) in [6, 6.07) is 12.7. The minimum Gasteiger partial charge on any atom is -0.497 e. The minimum atomic E-state index is -0.630. The average Bonchev–Trinajstić information content (AvgIpc) is 3.14. The molecule has 0 saturated heterocycles. The van der Waals surface area contributed by atoms with Gasteiger partial charge in [0.15, 0.2) is 11.5 Å². The Morgan fingerprint density at radius 3 is 2.30 bits per heavy atom. The molecule has 0 saturated carbocycles. The average molecular weight is 368 g/mol. The normalized spacial score (nSPS) is 10.4. The van der Waals surface area contributed by atoms with Crippen LogP contribution in [0, 0.1) is 10.1 Å². The van der Waals surface area contributed by atoms with Crippen molar-refractivity contribution < 1.29 is 23.6 Å². The number of nitrogens with zero attached hydrogens (tertiary/aromatic N) is 2. The quantitative estimate of drug-likeness (QED) is 0.366. The number of oxazole rings is 1. The number of aromatic nitrogens is 1. The third-order valence-corrected chi connectivity index (χ3v) is 3.77. The van der Waals surface area contributed by atoms with E-state index in [9.17, 15) is 14.9 Å². The Bertz CT molecular complexity index is 961. The number of hydrogen-bond acceptors (Lipinski definition) is 7. The van der Waals surface area contributed by atoms with Crippen molar-refractivity contribution in [2.24, 2.45) is 0 Å². The summed E-state index contributed by atoms with van der Waals surface area (Å²) in [5.41, 5.74) is 1.08. The monoisotopic (exact) mass is 368 g/mol. The van der Waals surface area contributed by atoms with Gasteiger partial charge in [0, 0.05) is 23.3 Å². The molecule has 0 atom stereocenters. The summed E-state index contributed by atoms with van der Waals surface area (Å²) in [6.45, 7) is 1.87. The summed E-state index contributed by atoms with van der Waals surface area (Å²) < 4.78 is 16.0. The van der Waals surface area contributed by atoms with Crippen LogP contribution in [0.2, 0.25) is 0 Å². The first-order valence-corrected chi connectivity index (χ1v) is 8.10. The van der Waals surface area contributed by atoms with Crippen LogP contribution in [0.15, 0.2) is 52.9 Å². The Labute approximate surface area is 154 Å². The lowest BCUT2D eigenvalue weighted by Crippen LogP contribution is -2.06. The van der Waals surface area contributed by atoms with Gasteiger partial charge in [-0.15, -0.1) is 0 Å². The van der Waals surface area contributed by atoms with E-state index in [0.717, 1.165) is 0 Å². The van der Waals surface area contributed by atoms with Gasteiger partial charge in [0.05, 0.1) is 18.6 Å². The van der Waals surface area contributed by atoms with Gasteiger partial charge < -0.3 is 13.9 Å². The highest BCUT2D eigenvalue weighted by molar-refractivity contribution is 5.94. The van der Waals surface area contributed by atoms with Crippen LogP contribution >= 0.6 is 0 Å². The van der Waals surface area contributed by atoms with Crippen molar-refractivity contribution in [1.82, 2.24) is 4.98 Å². The molecule has 27 heavy (non-hydrogen) atoms. The number of hydrogen-bond donors (Lipinski definition) is 0. The summed E-state index contributed by atoms with van der Waals surface area (Å²) in [5.74, 6) is 0.462. The highest BCUT2D eigenvalue weighted by Gasteiger charge is 2.23. The van der Waals surface area contributed by atoms with Gasteiger partial charge in [0.2, 0.25) is 5.89 Å². The molecule has 138 valence electrons. The van der Waals surface area contributed by atoms with E-state index in [0.29, 0.717) is 16.9 Å². The van der Waals surface area contributed by atoms with Gasteiger partial charge in [-0.05, 0) is 43.3 Å². The van der Waals surface area contributed by atoms with E-state index in [2.05, 4.69) is 4.98 Å². The maximum Gasteiger partial charge on any atom is 0.361 e. The van der Waals surface area contributed by atoms with Gasteiger partial charge in [-0.3, -0.25) is 10.1 Å². The maximum atomic E-state index is 12.3. The molecular weight excluding hydrogens is 352 g/mol. The fraction of sp³-hybridized carbons (Fsp3) is 0.158. The van der Waals surface area contributed by atoms with Crippen LogP contribution < -0.4 is 4.74 Å². The lowest BCUT2D eigenvalue weighted by molar-refractivity contribution is -0.384. The Balaban J connectivity index is 2.06. The molecule has 0 aliphatic rings. The number of rotatable bonds is 6. The van der Waals surface area contributed by atoms with Crippen LogP contribution in [-0.4, -0.2) is 29.6 Å². The van der Waals surface area contributed by atoms with Crippen LogP contribution in [0.5, 0.6) is 5.75 Å². The molecule has 8 nitrogen and oxygen atoms in total. The number of ether oxygens (including phenoxy) is 2. The third-order valence-electron chi connectivity index (χ3n) is 3.77. The fourth-order valence-electron chi connectivity index (χ4n) is 2.45. The van der Waals surface area contributed by atoms with Crippen molar-refractivity contribution in [1.29, 1.82) is 0 Å². The smallest absolute Gasteiger partial charge is 0.361 e. The Morgan fingerprint density at radius 2 is 1.74 bits per heavy atom. The molecule has 0 aliphatic heterocycles. The third kappa shape index (κ3) is 3.79. The van der Waals surface area contributed by atoms with Gasteiger partial charge >= 0.3 is 5.97 Å². The minimum absolute atomic E-state index is 0.0107. The number of non-ortho nitro benzene ring substituents is 1. The van der Waals surface area contributed by atoms with Crippen molar-refractivity contribution in [2.75, 3.05) is 13.7 Å². The van der Waals surface area contributed by atoms with Gasteiger partial charge in [-0.25, -0.2) is 9.78 Å². The number of carbonyl (C=O) groups excluding carboxylic acids is 1. The lowest BCUT2D eigenvalue weighted by Gasteiger charge is -2.01. The van der Waals surface area contributed by atoms with E-state index in [1.807, 2.05) is 0 Å². The molecule has 1 heterocycles. The van der Waals surface area contributed by atoms with E-state index in [1.54, 1.807) is 38.3 Å². The maximum absolute atomic E-state index is 12.3. The molecule has 0 radical (unpaired) electrons. The zero-order chi connectivity index (χ0) is 19.4. The second kappa shape index (κ2) is 7.69. The molecule has 2 aromatic carbocycles. The standard InChI is InChI=1S/C19H16N2O6/c1-3-26-19(22)16-17(12-4-8-14(9-5-12)21(23)24)27-18(20-16)13-6-10-15(25-2)11-7-13/h4-11H,3H2,1-2H3. The SMILES string of the molecule is CCOC(=O)c1nc(-c2ccc(OC)cc2)oc1-c1ccc([N+](=O)[O-])cc1. The molecule has 0 bridgehead atoms. The van der Waals surface area contributed by atoms with Crippen molar-refractivity contribution in [3.8, 4) is 28.5 Å². The lowest BCUT2D eigenvalue weighted by atomic mass is 10.1. The molecule has 0 N–H and O–H groups in total. The fourth-order valence-corrected chi connectivity index (χ4v) is 2.45. The number of carbonyl (C=O) groups is 1. The topological polar surface area (TPSA) is 105 Å². The van der Waals surface area contributed by atoms with Crippen molar-refractivity contribution in [3.05, 3.63) is 64.3 Å². The predicted molar refractivity (Wildman–Crippen MR) is 96.5 cm³/mol. The summed E-state index contributed by atoms with van der Waals surface area (Å²) in [5, 5.41) is 10.8. The summed E-state index contributed by atoms with van der Waals surface area (Å²) in [7, 11) is 1.56. The largest absolute Gasteiger partial charge is 0.497 e. The highest BCUT2D eigenvalue weighted by Crippen LogP contribution is 2.32. The van der Waals surface area contributed by atoms with Gasteiger partial charge in [-0.2, -0.15) is 0 Å². The van der Waals surface area contributed by atoms with Crippen molar-refractivity contribution >= 4 is 11.7 Å². The first-order valence-electron chi connectivity index (χ1n) is 8.10. The Morgan fingerprint density at radius 1 is 1.11 bits per heavy atom. The molecule has 8 heteroatoms. The van der Waals surface area contributed by atoms with Crippen LogP contribution in [0.1, 0.15) is 17.4 Å². The Kier molecular flexibility index (Phi) is 5.16. The molecule has 0 amide bonds. The van der Waals surface area contributed by atoms with Gasteiger partial charge in [-0.1, -0.05) is 0 Å². The van der Waals surface area contributed by atoms with E-state index in [-0.39, 0.29) is 29.6 Å². The van der Waals surface area contributed by atoms with Gasteiger partial charge in [0.25, 0.3) is 5.69 Å². The zero-order valence-electron chi connectivity index (χ0n) is 14.7. The molecule has 0 aliphatic carbocycles. The molecular formula is C19H16N2O6. The number of benzene rings is 2. The van der Waals surface area contributed by atoms with Crippen LogP contribution in [0.4, 0.5) is 5.69 Å². The molecule has 1 aromatic heterocycles. The van der Waals surface area contributed by atoms with Crippen molar-refractivity contribution in [2.45, 2.75) is 6.92 Å². The van der Waals surface area contributed by atoms with E-state index >= 15 is 0 Å². The summed E-state index contributed by atoms with van der Waals surface area (Å²) in [6.07, 6.45) is 0. The molecule has 3 rings (SSSR count). The van der Waals surface area contributed by atoms with E-state index < -0.39 is 10.9 Å². The molecule has 3 aromatic rings. The predicted octanol–water partition coefficient (Wildman–Crippen LogP) is 4.10. The van der Waals surface area contributed by atoms with E-state index in [1.165, 1.54) is 24.3 Å². The Hall–Kier alpha value is -3.68. The van der Waals surface area contributed by atoms with E-state index in [4.69, 9.17) is 13.9 Å². The van der Waals surface area contributed by atoms with Crippen LogP contribution in [0.3, 0.4) is 0 Å². The number of nitro benzene ring substituents is 1. The second-order valence-electron chi connectivity index (χ2n) is 5.45. The molecule has 0 unspecified atom stereocenters. The second-order valence-corrected chi connectivity index (χ2v) is 5.45. The molecule has 0 fully saturated rings. The zero-order valence-corrected chi connectivity index (χ0v) is 14.7. The number of nitro groups is 1. The van der Waals surface area contributed by atoms with Crippen LogP contribution in [-0.2, 0) is 4.74 Å². The first-order chi connectivity index (χ1) is 13.0. The number of methoxy groups -OCH3 is 1. The first kappa shape index (κ1) is 18.1. The molecule has 0 spiro atoms. The van der Waals surface area contributed by atoms with Gasteiger partial charge in [0.1, 0.15) is 5.75 Å². The summed E-state index contributed by atoms with van der Waals surface area (Å²) in [4.78, 5) is 26.9. The summed E-state index contributed by atoms with van der Waals surface area (Å²) >= 11 is 0. The van der Waals surface area contributed by atoms with Crippen LogP contribution in [0.25, 0.3) is 22.8 Å².